The van der Waals surface area contributed by atoms with Crippen LogP contribution in [0.5, 0.6) is 5.75 Å². The number of carbonyl (C=O) groups is 1. The Morgan fingerprint density at radius 2 is 1.86 bits per heavy atom. The van der Waals surface area contributed by atoms with Crippen LogP contribution in [0.15, 0.2) is 53.7 Å². The number of hydrogen-bond acceptors (Lipinski definition) is 5. The summed E-state index contributed by atoms with van der Waals surface area (Å²) < 4.78 is 7.34. The molecule has 0 unspecified atom stereocenters. The van der Waals surface area contributed by atoms with Crippen molar-refractivity contribution in [3.63, 3.8) is 0 Å². The Morgan fingerprint density at radius 3 is 2.54 bits per heavy atom. The molecule has 1 N–H and O–H groups in total. The Kier molecular flexibility index (Phi) is 6.95. The van der Waals surface area contributed by atoms with E-state index in [1.54, 1.807) is 12.1 Å². The molecule has 1 aromatic heterocycles. The lowest BCUT2D eigenvalue weighted by atomic mass is 10.2. The number of nitrogens with zero attached hydrogens (tertiary/aromatic N) is 3. The molecule has 8 heteroatoms. The van der Waals surface area contributed by atoms with Crippen LogP contribution in [0, 0.1) is 0 Å². The van der Waals surface area contributed by atoms with Crippen LogP contribution < -0.4 is 10.1 Å². The van der Waals surface area contributed by atoms with Gasteiger partial charge >= 0.3 is 0 Å². The molecular weight excluding hydrogens is 396 g/mol. The van der Waals surface area contributed by atoms with Gasteiger partial charge in [-0.15, -0.1) is 10.2 Å². The van der Waals surface area contributed by atoms with Crippen LogP contribution in [-0.2, 0) is 18.4 Å². The third kappa shape index (κ3) is 5.27. The van der Waals surface area contributed by atoms with Gasteiger partial charge in [0.2, 0.25) is 5.91 Å². The molecule has 0 spiro atoms. The molecule has 3 aromatic rings. The highest BCUT2D eigenvalue weighted by molar-refractivity contribution is 7.99. The number of nitrogens with one attached hydrogen (secondary N) is 1. The summed E-state index contributed by atoms with van der Waals surface area (Å²) in [6.07, 6.45) is 0. The number of carbonyl (C=O) groups excluding carboxylic acids is 1. The van der Waals surface area contributed by atoms with Crippen LogP contribution in [0.25, 0.3) is 11.4 Å². The zero-order chi connectivity index (χ0) is 19.9. The van der Waals surface area contributed by atoms with Crippen molar-refractivity contribution in [1.82, 2.24) is 20.1 Å². The Balaban J connectivity index is 1.55. The van der Waals surface area contributed by atoms with E-state index in [1.165, 1.54) is 11.8 Å². The fourth-order valence-corrected chi connectivity index (χ4v) is 3.41. The minimum absolute atomic E-state index is 0.0643. The molecule has 0 aliphatic carbocycles. The molecule has 3 rings (SSSR count). The minimum atomic E-state index is -0.0643. The second-order valence-electron chi connectivity index (χ2n) is 6.01. The maximum Gasteiger partial charge on any atom is 0.230 e. The van der Waals surface area contributed by atoms with Gasteiger partial charge in [-0.3, -0.25) is 4.79 Å². The minimum Gasteiger partial charge on any atom is -0.494 e. The van der Waals surface area contributed by atoms with E-state index in [-0.39, 0.29) is 11.7 Å². The molecule has 6 nitrogen and oxygen atoms in total. The summed E-state index contributed by atoms with van der Waals surface area (Å²) in [5.74, 6) is 1.76. The Morgan fingerprint density at radius 1 is 1.14 bits per heavy atom. The van der Waals surface area contributed by atoms with Crippen LogP contribution in [-0.4, -0.2) is 33.0 Å². The van der Waals surface area contributed by atoms with Crippen molar-refractivity contribution < 1.29 is 9.53 Å². The van der Waals surface area contributed by atoms with Crippen molar-refractivity contribution in [2.24, 2.45) is 7.05 Å². The van der Waals surface area contributed by atoms with Crippen LogP contribution >= 0.6 is 23.4 Å². The smallest absolute Gasteiger partial charge is 0.230 e. The SMILES string of the molecule is CCOc1ccc(-c2nnc(SCC(=O)NCc3ccc(Cl)cc3)n2C)cc1. The van der Waals surface area contributed by atoms with Gasteiger partial charge in [0.1, 0.15) is 5.75 Å². The number of benzene rings is 2. The van der Waals surface area contributed by atoms with E-state index in [1.807, 2.05) is 54.9 Å². The summed E-state index contributed by atoms with van der Waals surface area (Å²) >= 11 is 7.21. The molecule has 146 valence electrons. The normalized spacial score (nSPS) is 10.7. The van der Waals surface area contributed by atoms with Crippen molar-refractivity contribution in [3.8, 4) is 17.1 Å². The molecule has 0 fully saturated rings. The van der Waals surface area contributed by atoms with Gasteiger partial charge in [0, 0.05) is 24.2 Å². The number of halogens is 1. The molecule has 0 atom stereocenters. The van der Waals surface area contributed by atoms with Crippen molar-refractivity contribution in [1.29, 1.82) is 0 Å². The number of thioether (sulfide) groups is 1. The number of aromatic nitrogens is 3. The highest BCUT2D eigenvalue weighted by atomic mass is 35.5. The predicted molar refractivity (Wildman–Crippen MR) is 112 cm³/mol. The van der Waals surface area contributed by atoms with Gasteiger partial charge in [-0.05, 0) is 48.9 Å². The van der Waals surface area contributed by atoms with Crippen molar-refractivity contribution in [2.75, 3.05) is 12.4 Å². The van der Waals surface area contributed by atoms with Gasteiger partial charge in [0.05, 0.1) is 12.4 Å². The lowest BCUT2D eigenvalue weighted by Crippen LogP contribution is -2.24. The summed E-state index contributed by atoms with van der Waals surface area (Å²) in [7, 11) is 1.89. The van der Waals surface area contributed by atoms with Crippen LogP contribution in [0.1, 0.15) is 12.5 Å². The van der Waals surface area contributed by atoms with Crippen LogP contribution in [0.4, 0.5) is 0 Å². The summed E-state index contributed by atoms with van der Waals surface area (Å²) in [4.78, 5) is 12.1. The second kappa shape index (κ2) is 9.61. The maximum absolute atomic E-state index is 12.1. The van der Waals surface area contributed by atoms with E-state index >= 15 is 0 Å². The molecule has 2 aromatic carbocycles. The first-order valence-corrected chi connectivity index (χ1v) is 10.2. The van der Waals surface area contributed by atoms with E-state index < -0.39 is 0 Å². The van der Waals surface area contributed by atoms with Crippen LogP contribution in [0.2, 0.25) is 5.02 Å². The standard InChI is InChI=1S/C20H21ClN4O2S/c1-3-27-17-10-6-15(7-11-17)19-23-24-20(25(19)2)28-13-18(26)22-12-14-4-8-16(21)9-5-14/h4-11H,3,12-13H2,1-2H3,(H,22,26). The zero-order valence-corrected chi connectivity index (χ0v) is 17.3. The third-order valence-corrected chi connectivity index (χ3v) is 5.27. The fourth-order valence-electron chi connectivity index (χ4n) is 2.54. The summed E-state index contributed by atoms with van der Waals surface area (Å²) in [5, 5.41) is 12.7. The molecule has 0 saturated heterocycles. The number of rotatable bonds is 8. The largest absolute Gasteiger partial charge is 0.494 e. The van der Waals surface area contributed by atoms with E-state index in [9.17, 15) is 4.79 Å². The van der Waals surface area contributed by atoms with E-state index in [4.69, 9.17) is 16.3 Å². The Hall–Kier alpha value is -2.51. The first-order valence-electron chi connectivity index (χ1n) is 8.83. The number of hydrogen-bond donors (Lipinski definition) is 1. The summed E-state index contributed by atoms with van der Waals surface area (Å²) in [5.41, 5.74) is 1.94. The number of ether oxygens (including phenoxy) is 1. The van der Waals surface area contributed by atoms with Crippen molar-refractivity contribution in [3.05, 3.63) is 59.1 Å². The zero-order valence-electron chi connectivity index (χ0n) is 15.7. The summed E-state index contributed by atoms with van der Waals surface area (Å²) in [6.45, 7) is 3.04. The fraction of sp³-hybridized carbons (Fsp3) is 0.250. The topological polar surface area (TPSA) is 69.0 Å². The molecule has 0 aliphatic rings. The van der Waals surface area contributed by atoms with E-state index in [0.717, 1.165) is 22.7 Å². The monoisotopic (exact) mass is 416 g/mol. The van der Waals surface area contributed by atoms with Gasteiger partial charge < -0.3 is 14.6 Å². The highest BCUT2D eigenvalue weighted by Gasteiger charge is 2.13. The Labute approximate surface area is 173 Å². The quantitative estimate of drug-likeness (QED) is 0.563. The lowest BCUT2D eigenvalue weighted by molar-refractivity contribution is -0.118. The van der Waals surface area contributed by atoms with Gasteiger partial charge in [-0.2, -0.15) is 0 Å². The number of amides is 1. The van der Waals surface area contributed by atoms with Gasteiger partial charge in [0.15, 0.2) is 11.0 Å². The highest BCUT2D eigenvalue weighted by Crippen LogP contribution is 2.24. The van der Waals surface area contributed by atoms with Gasteiger partial charge in [-0.25, -0.2) is 0 Å². The van der Waals surface area contributed by atoms with Crippen molar-refractivity contribution in [2.45, 2.75) is 18.6 Å². The molecular formula is C20H21ClN4O2S. The molecule has 1 heterocycles. The first kappa shape index (κ1) is 20.2. The average molecular weight is 417 g/mol. The predicted octanol–water partition coefficient (Wildman–Crippen LogP) is 3.94. The molecule has 0 bridgehead atoms. The van der Waals surface area contributed by atoms with E-state index in [2.05, 4.69) is 15.5 Å². The molecule has 0 aliphatic heterocycles. The third-order valence-electron chi connectivity index (χ3n) is 3.99. The molecule has 28 heavy (non-hydrogen) atoms. The van der Waals surface area contributed by atoms with Gasteiger partial charge in [-0.1, -0.05) is 35.5 Å². The molecule has 1 amide bonds. The van der Waals surface area contributed by atoms with Gasteiger partial charge in [0.25, 0.3) is 0 Å². The average Bonchev–Trinajstić information content (AvgIpc) is 3.07. The maximum atomic E-state index is 12.1. The first-order chi connectivity index (χ1) is 13.6. The van der Waals surface area contributed by atoms with E-state index in [0.29, 0.717) is 23.3 Å². The lowest BCUT2D eigenvalue weighted by Gasteiger charge is -2.07. The summed E-state index contributed by atoms with van der Waals surface area (Å²) in [6, 6.07) is 15.1. The molecule has 0 radical (unpaired) electrons. The van der Waals surface area contributed by atoms with Crippen molar-refractivity contribution >= 4 is 29.3 Å². The second-order valence-corrected chi connectivity index (χ2v) is 7.39. The van der Waals surface area contributed by atoms with Crippen LogP contribution in [0.3, 0.4) is 0 Å². The molecule has 0 saturated carbocycles. The Bertz CT molecular complexity index is 926.